The number of ether oxygens (including phenoxy) is 1. The predicted octanol–water partition coefficient (Wildman–Crippen LogP) is -0.115. The summed E-state index contributed by atoms with van der Waals surface area (Å²) in [7, 11) is 0. The van der Waals surface area contributed by atoms with Gasteiger partial charge in [0.1, 0.15) is 6.09 Å². The number of rotatable bonds is 3. The number of amides is 1. The van der Waals surface area contributed by atoms with Crippen molar-refractivity contribution in [2.45, 2.75) is 39.3 Å². The van der Waals surface area contributed by atoms with Crippen molar-refractivity contribution < 1.29 is 19.4 Å². The molecule has 0 aromatic rings. The maximum atomic E-state index is 11.4. The first-order valence-electron chi connectivity index (χ1n) is 4.82. The number of carbonyl (C=O) groups excluding carboxylic acids is 2. The largest absolute Gasteiger partial charge is 0.530 e. The van der Waals surface area contributed by atoms with Crippen molar-refractivity contribution >= 4 is 12.1 Å². The molecular formula is C10H15N2O4-. The van der Waals surface area contributed by atoms with Crippen molar-refractivity contribution in [2.24, 2.45) is 0 Å². The summed E-state index contributed by atoms with van der Waals surface area (Å²) in [6.45, 7) is 6.35. The van der Waals surface area contributed by atoms with Crippen LogP contribution in [0.1, 0.15) is 27.7 Å². The summed E-state index contributed by atoms with van der Waals surface area (Å²) >= 11 is 0. The average Bonchev–Trinajstić information content (AvgIpc) is 2.11. The molecule has 0 bridgehead atoms. The van der Waals surface area contributed by atoms with E-state index in [1.165, 1.54) is 0 Å². The molecule has 0 spiro atoms. The van der Waals surface area contributed by atoms with Gasteiger partial charge in [0.25, 0.3) is 0 Å². The Bertz CT molecular complexity index is 314. The molecule has 0 aromatic carbocycles. The second kappa shape index (κ2) is 5.35. The Balaban J connectivity index is 5.11. The third-order valence-corrected chi connectivity index (χ3v) is 1.81. The molecule has 0 saturated carbocycles. The highest BCUT2D eigenvalue weighted by molar-refractivity contribution is 5.83. The zero-order valence-corrected chi connectivity index (χ0v) is 9.81. The van der Waals surface area contributed by atoms with E-state index in [4.69, 9.17) is 5.26 Å². The first kappa shape index (κ1) is 14.2. The van der Waals surface area contributed by atoms with Crippen LogP contribution in [0.15, 0.2) is 0 Å². The fraction of sp³-hybridized carbons (Fsp3) is 0.700. The quantitative estimate of drug-likeness (QED) is 0.627. The molecule has 0 aliphatic heterocycles. The highest BCUT2D eigenvalue weighted by atomic mass is 16.5. The molecule has 1 unspecified atom stereocenters. The standard InChI is InChI=1S/C10H16N2O4/c1-5-16-8(13)7(6-11)12(9(14)15)10(2,3)4/h7H,5H2,1-4H3,(H,14,15)/p-1. The minimum absolute atomic E-state index is 0.0854. The maximum absolute atomic E-state index is 11.4. The van der Waals surface area contributed by atoms with Gasteiger partial charge in [-0.05, 0) is 27.7 Å². The summed E-state index contributed by atoms with van der Waals surface area (Å²) in [5.41, 5.74) is -0.911. The smallest absolute Gasteiger partial charge is 0.343 e. The maximum Gasteiger partial charge on any atom is 0.343 e. The van der Waals surface area contributed by atoms with Crippen LogP contribution in [0.5, 0.6) is 0 Å². The normalized spacial score (nSPS) is 12.4. The van der Waals surface area contributed by atoms with Crippen LogP contribution >= 0.6 is 0 Å². The highest BCUT2D eigenvalue weighted by Crippen LogP contribution is 2.17. The topological polar surface area (TPSA) is 93.5 Å². The molecule has 1 atom stereocenters. The van der Waals surface area contributed by atoms with Gasteiger partial charge < -0.3 is 19.5 Å². The van der Waals surface area contributed by atoms with E-state index in [0.29, 0.717) is 4.90 Å². The van der Waals surface area contributed by atoms with E-state index in [-0.39, 0.29) is 6.61 Å². The lowest BCUT2D eigenvalue weighted by Gasteiger charge is -2.39. The number of nitrogens with zero attached hydrogens (tertiary/aromatic N) is 2. The van der Waals surface area contributed by atoms with Crippen LogP contribution in [-0.4, -0.2) is 35.2 Å². The Hall–Kier alpha value is -1.77. The SMILES string of the molecule is CCOC(=O)C(C#N)N(C(=O)[O-])C(C)(C)C. The van der Waals surface area contributed by atoms with Gasteiger partial charge in [0.15, 0.2) is 0 Å². The van der Waals surface area contributed by atoms with E-state index in [9.17, 15) is 14.7 Å². The van der Waals surface area contributed by atoms with Gasteiger partial charge in [-0.15, -0.1) is 0 Å². The van der Waals surface area contributed by atoms with Crippen LogP contribution in [0.25, 0.3) is 0 Å². The molecule has 0 saturated heterocycles. The second-order valence-corrected chi connectivity index (χ2v) is 4.09. The second-order valence-electron chi connectivity index (χ2n) is 4.09. The number of carbonyl (C=O) groups is 2. The molecule has 0 N–H and O–H groups in total. The Kier molecular flexibility index (Phi) is 4.76. The van der Waals surface area contributed by atoms with Gasteiger partial charge in [-0.2, -0.15) is 5.26 Å². The predicted molar refractivity (Wildman–Crippen MR) is 53.0 cm³/mol. The molecule has 6 heteroatoms. The number of esters is 1. The van der Waals surface area contributed by atoms with Gasteiger partial charge in [-0.3, -0.25) is 0 Å². The summed E-state index contributed by atoms with van der Waals surface area (Å²) in [6, 6.07) is 0.110. The zero-order chi connectivity index (χ0) is 12.9. The van der Waals surface area contributed by atoms with Crippen LogP contribution in [-0.2, 0) is 9.53 Å². The van der Waals surface area contributed by atoms with Crippen LogP contribution in [0, 0.1) is 11.3 Å². The van der Waals surface area contributed by atoms with E-state index in [2.05, 4.69) is 4.74 Å². The lowest BCUT2D eigenvalue weighted by Crippen LogP contribution is -2.58. The summed E-state index contributed by atoms with van der Waals surface area (Å²) in [5, 5.41) is 19.7. The molecule has 0 radical (unpaired) electrons. The zero-order valence-electron chi connectivity index (χ0n) is 9.81. The van der Waals surface area contributed by atoms with Crippen LogP contribution in [0.4, 0.5) is 4.79 Å². The lowest BCUT2D eigenvalue weighted by molar-refractivity contribution is -0.272. The number of hydrogen-bond donors (Lipinski definition) is 0. The monoisotopic (exact) mass is 227 g/mol. The fourth-order valence-corrected chi connectivity index (χ4v) is 1.20. The molecule has 0 rings (SSSR count). The van der Waals surface area contributed by atoms with E-state index >= 15 is 0 Å². The Morgan fingerprint density at radius 1 is 1.50 bits per heavy atom. The molecule has 6 nitrogen and oxygen atoms in total. The van der Waals surface area contributed by atoms with Crippen molar-refractivity contribution in [3.63, 3.8) is 0 Å². The van der Waals surface area contributed by atoms with E-state index in [1.54, 1.807) is 33.8 Å². The van der Waals surface area contributed by atoms with E-state index in [0.717, 1.165) is 0 Å². The van der Waals surface area contributed by atoms with Gasteiger partial charge in [-0.1, -0.05) is 0 Å². The average molecular weight is 227 g/mol. The van der Waals surface area contributed by atoms with Crippen molar-refractivity contribution in [3.05, 3.63) is 0 Å². The minimum atomic E-state index is -1.58. The third-order valence-electron chi connectivity index (χ3n) is 1.81. The molecule has 0 aliphatic rings. The molecule has 90 valence electrons. The molecule has 16 heavy (non-hydrogen) atoms. The van der Waals surface area contributed by atoms with Crippen LogP contribution in [0.3, 0.4) is 0 Å². The Morgan fingerprint density at radius 3 is 2.25 bits per heavy atom. The summed E-state index contributed by atoms with van der Waals surface area (Å²) in [4.78, 5) is 23.0. The highest BCUT2D eigenvalue weighted by Gasteiger charge is 2.34. The fourth-order valence-electron chi connectivity index (χ4n) is 1.20. The molecule has 0 aliphatic carbocycles. The third kappa shape index (κ3) is 3.42. The van der Waals surface area contributed by atoms with Crippen molar-refractivity contribution in [2.75, 3.05) is 6.61 Å². The van der Waals surface area contributed by atoms with Gasteiger partial charge in [-0.25, -0.2) is 4.79 Å². The summed E-state index contributed by atoms with van der Waals surface area (Å²) < 4.78 is 4.63. The Labute approximate surface area is 94.4 Å². The molecule has 0 heterocycles. The number of nitriles is 1. The first-order valence-corrected chi connectivity index (χ1v) is 4.82. The minimum Gasteiger partial charge on any atom is -0.530 e. The molecule has 0 aromatic heterocycles. The van der Waals surface area contributed by atoms with Gasteiger partial charge in [0.2, 0.25) is 6.04 Å². The lowest BCUT2D eigenvalue weighted by atomic mass is 10.0. The van der Waals surface area contributed by atoms with Crippen molar-refractivity contribution in [3.8, 4) is 6.07 Å². The molecule has 1 amide bonds. The number of carboxylic acid groups (broad SMARTS) is 1. The summed E-state index contributed by atoms with van der Waals surface area (Å²) in [6.07, 6.45) is -1.58. The van der Waals surface area contributed by atoms with Crippen molar-refractivity contribution in [1.29, 1.82) is 5.26 Å². The van der Waals surface area contributed by atoms with E-state index < -0.39 is 23.6 Å². The van der Waals surface area contributed by atoms with Gasteiger partial charge in [0.05, 0.1) is 12.7 Å². The van der Waals surface area contributed by atoms with Gasteiger partial charge in [0, 0.05) is 5.54 Å². The molecular weight excluding hydrogens is 212 g/mol. The van der Waals surface area contributed by atoms with E-state index in [1.807, 2.05) is 0 Å². The summed E-state index contributed by atoms with van der Waals surface area (Å²) in [5.74, 6) is -0.885. The molecule has 0 fully saturated rings. The van der Waals surface area contributed by atoms with Crippen LogP contribution < -0.4 is 5.11 Å². The van der Waals surface area contributed by atoms with Crippen LogP contribution in [0.2, 0.25) is 0 Å². The Morgan fingerprint density at radius 2 is 2.00 bits per heavy atom. The first-order chi connectivity index (χ1) is 7.25. The van der Waals surface area contributed by atoms with Crippen molar-refractivity contribution in [1.82, 2.24) is 4.90 Å². The van der Waals surface area contributed by atoms with Gasteiger partial charge >= 0.3 is 5.97 Å². The number of hydrogen-bond acceptors (Lipinski definition) is 5.